The third-order valence-electron chi connectivity index (χ3n) is 3.70. The zero-order valence-corrected chi connectivity index (χ0v) is 9.89. The highest BCUT2D eigenvalue weighted by atomic mass is 32.2. The fourth-order valence-electron chi connectivity index (χ4n) is 3.13. The van der Waals surface area contributed by atoms with E-state index in [4.69, 9.17) is 5.73 Å². The third kappa shape index (κ3) is 2.19. The van der Waals surface area contributed by atoms with Crippen LogP contribution < -0.4 is 5.73 Å². The van der Waals surface area contributed by atoms with Crippen LogP contribution in [0.15, 0.2) is 0 Å². The third-order valence-corrected chi connectivity index (χ3v) is 5.52. The summed E-state index contributed by atoms with van der Waals surface area (Å²) >= 11 is 0. The lowest BCUT2D eigenvalue weighted by Gasteiger charge is -2.54. The lowest BCUT2D eigenvalue weighted by Crippen LogP contribution is -2.66. The fourth-order valence-corrected chi connectivity index (χ4v) is 5.02. The van der Waals surface area contributed by atoms with Crippen LogP contribution in [0.4, 0.5) is 0 Å². The van der Waals surface area contributed by atoms with E-state index in [0.717, 1.165) is 6.42 Å². The van der Waals surface area contributed by atoms with Crippen LogP contribution in [0.3, 0.4) is 0 Å². The van der Waals surface area contributed by atoms with E-state index < -0.39 is 21.0 Å². The molecule has 88 valence electrons. The molecule has 1 heterocycles. The molecule has 0 bridgehead atoms. The van der Waals surface area contributed by atoms with Crippen molar-refractivity contribution >= 4 is 9.84 Å². The van der Waals surface area contributed by atoms with Crippen molar-refractivity contribution in [2.45, 2.75) is 43.7 Å². The Kier molecular flexibility index (Phi) is 2.41. The monoisotopic (exact) mass is 233 g/mol. The van der Waals surface area contributed by atoms with E-state index >= 15 is 0 Å². The SMILES string of the molecule is CC1(O)CC(N)(C2CCCS(=O)(=O)C2)C1. The number of hydrogen-bond donors (Lipinski definition) is 2. The number of hydrogen-bond acceptors (Lipinski definition) is 4. The minimum atomic E-state index is -2.89. The second-order valence-electron chi connectivity index (χ2n) is 5.54. The first-order chi connectivity index (χ1) is 6.73. The molecule has 0 amide bonds. The highest BCUT2D eigenvalue weighted by molar-refractivity contribution is 7.91. The lowest BCUT2D eigenvalue weighted by molar-refractivity contribution is -0.0906. The Morgan fingerprint density at radius 3 is 2.47 bits per heavy atom. The summed E-state index contributed by atoms with van der Waals surface area (Å²) in [6.45, 7) is 1.76. The topological polar surface area (TPSA) is 80.4 Å². The lowest BCUT2D eigenvalue weighted by atomic mass is 9.60. The fraction of sp³-hybridized carbons (Fsp3) is 1.00. The van der Waals surface area contributed by atoms with Crippen LogP contribution in [0.25, 0.3) is 0 Å². The first kappa shape index (κ1) is 11.4. The molecule has 0 spiro atoms. The molecule has 15 heavy (non-hydrogen) atoms. The molecule has 2 fully saturated rings. The standard InChI is InChI=1S/C10H19NO3S/c1-9(12)6-10(11,7-9)8-3-2-4-15(13,14)5-8/h8,12H,2-7,11H2,1H3. The number of rotatable bonds is 1. The van der Waals surface area contributed by atoms with Crippen LogP contribution in [0, 0.1) is 5.92 Å². The quantitative estimate of drug-likeness (QED) is 0.671. The number of nitrogens with two attached hydrogens (primary N) is 1. The summed E-state index contributed by atoms with van der Waals surface area (Å²) in [7, 11) is -2.89. The van der Waals surface area contributed by atoms with E-state index in [1.54, 1.807) is 6.92 Å². The summed E-state index contributed by atoms with van der Waals surface area (Å²) in [6.07, 6.45) is 2.65. The summed E-state index contributed by atoms with van der Waals surface area (Å²) in [6, 6.07) is 0. The van der Waals surface area contributed by atoms with E-state index in [1.807, 2.05) is 0 Å². The molecule has 2 rings (SSSR count). The summed E-state index contributed by atoms with van der Waals surface area (Å²) in [5, 5.41) is 9.68. The van der Waals surface area contributed by atoms with Crippen molar-refractivity contribution in [3.05, 3.63) is 0 Å². The van der Waals surface area contributed by atoms with Crippen LogP contribution in [0.1, 0.15) is 32.6 Å². The molecule has 1 aliphatic heterocycles. The molecule has 4 nitrogen and oxygen atoms in total. The van der Waals surface area contributed by atoms with Crippen molar-refractivity contribution in [1.29, 1.82) is 0 Å². The van der Waals surface area contributed by atoms with Gasteiger partial charge in [-0.15, -0.1) is 0 Å². The first-order valence-corrected chi connectivity index (χ1v) is 7.26. The number of aliphatic hydroxyl groups is 1. The molecule has 1 aliphatic carbocycles. The Morgan fingerprint density at radius 2 is 2.00 bits per heavy atom. The van der Waals surface area contributed by atoms with Crippen molar-refractivity contribution in [2.24, 2.45) is 11.7 Å². The van der Waals surface area contributed by atoms with Gasteiger partial charge in [0.15, 0.2) is 9.84 Å². The van der Waals surface area contributed by atoms with Gasteiger partial charge >= 0.3 is 0 Å². The van der Waals surface area contributed by atoms with Crippen LogP contribution in [0.5, 0.6) is 0 Å². The summed E-state index contributed by atoms with van der Waals surface area (Å²) in [5.41, 5.74) is 5.02. The molecule has 0 aromatic carbocycles. The zero-order chi connectivity index (χ0) is 11.3. The molecule has 2 aliphatic rings. The Hall–Kier alpha value is -0.130. The molecular formula is C10H19NO3S. The highest BCUT2D eigenvalue weighted by Crippen LogP contribution is 2.46. The Morgan fingerprint density at radius 1 is 1.40 bits per heavy atom. The average Bonchev–Trinajstić information content (AvgIpc) is 1.98. The smallest absolute Gasteiger partial charge is 0.150 e. The molecule has 0 aromatic heterocycles. The molecule has 0 radical (unpaired) electrons. The minimum absolute atomic E-state index is 0.0384. The van der Waals surface area contributed by atoms with Gasteiger partial charge in [-0.25, -0.2) is 8.42 Å². The molecule has 1 saturated carbocycles. The average molecular weight is 233 g/mol. The van der Waals surface area contributed by atoms with E-state index in [1.165, 1.54) is 0 Å². The van der Waals surface area contributed by atoms with E-state index in [-0.39, 0.29) is 11.7 Å². The maximum absolute atomic E-state index is 11.5. The van der Waals surface area contributed by atoms with Gasteiger partial charge in [0, 0.05) is 5.54 Å². The van der Waals surface area contributed by atoms with Gasteiger partial charge in [-0.2, -0.15) is 0 Å². The summed E-state index contributed by atoms with van der Waals surface area (Å²) in [4.78, 5) is 0. The van der Waals surface area contributed by atoms with Gasteiger partial charge < -0.3 is 10.8 Å². The molecule has 1 unspecified atom stereocenters. The van der Waals surface area contributed by atoms with Crippen molar-refractivity contribution in [3.63, 3.8) is 0 Å². The first-order valence-electron chi connectivity index (χ1n) is 5.44. The Labute approximate surface area is 90.8 Å². The van der Waals surface area contributed by atoms with Crippen LogP contribution in [0.2, 0.25) is 0 Å². The predicted molar refractivity (Wildman–Crippen MR) is 58.2 cm³/mol. The Bertz CT molecular complexity index is 353. The molecule has 1 saturated heterocycles. The molecule has 1 atom stereocenters. The summed E-state index contributed by atoms with van der Waals surface area (Å²) in [5.74, 6) is 0.548. The van der Waals surface area contributed by atoms with Gasteiger partial charge in [0.2, 0.25) is 0 Å². The molecule has 5 heteroatoms. The second kappa shape index (κ2) is 3.18. The zero-order valence-electron chi connectivity index (χ0n) is 9.07. The van der Waals surface area contributed by atoms with Crippen LogP contribution in [-0.2, 0) is 9.84 Å². The second-order valence-corrected chi connectivity index (χ2v) is 7.77. The number of sulfone groups is 1. The van der Waals surface area contributed by atoms with E-state index in [0.29, 0.717) is 25.0 Å². The van der Waals surface area contributed by atoms with E-state index in [9.17, 15) is 13.5 Å². The van der Waals surface area contributed by atoms with Crippen molar-refractivity contribution in [2.75, 3.05) is 11.5 Å². The van der Waals surface area contributed by atoms with Gasteiger partial charge in [-0.1, -0.05) is 0 Å². The van der Waals surface area contributed by atoms with Crippen LogP contribution >= 0.6 is 0 Å². The predicted octanol–water partition coefficient (Wildman–Crippen LogP) is 0.0535. The highest BCUT2D eigenvalue weighted by Gasteiger charge is 2.53. The van der Waals surface area contributed by atoms with Gasteiger partial charge in [0.1, 0.15) is 0 Å². The Balaban J connectivity index is 2.06. The molecular weight excluding hydrogens is 214 g/mol. The molecule has 0 aromatic rings. The van der Waals surface area contributed by atoms with Crippen molar-refractivity contribution in [3.8, 4) is 0 Å². The van der Waals surface area contributed by atoms with Gasteiger partial charge in [0.05, 0.1) is 17.1 Å². The van der Waals surface area contributed by atoms with E-state index in [2.05, 4.69) is 0 Å². The largest absolute Gasteiger partial charge is 0.390 e. The maximum Gasteiger partial charge on any atom is 0.150 e. The minimum Gasteiger partial charge on any atom is -0.390 e. The maximum atomic E-state index is 11.5. The van der Waals surface area contributed by atoms with Crippen LogP contribution in [-0.4, -0.2) is 36.2 Å². The van der Waals surface area contributed by atoms with Gasteiger partial charge in [0.25, 0.3) is 0 Å². The normalized spacial score (nSPS) is 49.7. The van der Waals surface area contributed by atoms with Crippen molar-refractivity contribution in [1.82, 2.24) is 0 Å². The molecule has 3 N–H and O–H groups in total. The van der Waals surface area contributed by atoms with Gasteiger partial charge in [-0.05, 0) is 38.5 Å². The van der Waals surface area contributed by atoms with Gasteiger partial charge in [-0.3, -0.25) is 0 Å². The van der Waals surface area contributed by atoms with Crippen molar-refractivity contribution < 1.29 is 13.5 Å². The summed E-state index contributed by atoms with van der Waals surface area (Å²) < 4.78 is 23.0.